The van der Waals surface area contributed by atoms with Gasteiger partial charge in [-0.25, -0.2) is 0 Å². The van der Waals surface area contributed by atoms with Gasteiger partial charge in [-0.15, -0.1) is 11.6 Å². The van der Waals surface area contributed by atoms with Crippen molar-refractivity contribution in [1.29, 1.82) is 0 Å². The van der Waals surface area contributed by atoms with Crippen LogP contribution in [0.4, 0.5) is 30.2 Å². The summed E-state index contributed by atoms with van der Waals surface area (Å²) in [5.74, 6) is -1.21. The lowest BCUT2D eigenvalue weighted by atomic mass is 10.1. The maximum Gasteiger partial charge on any atom is 0.416 e. The molecule has 0 radical (unpaired) electrons. The minimum atomic E-state index is -5.00. The standard InChI is InChI=1S/C14H15ClF3N3O6/c1-2-3-19(4-5-27-12(22)8-15)13-10(20(23)24)6-9(14(16,17)18)7-11(13)21(25)26/h6-7H,2-5,8H2,1H3. The highest BCUT2D eigenvalue weighted by Crippen LogP contribution is 2.43. The van der Waals surface area contributed by atoms with E-state index in [9.17, 15) is 38.2 Å². The number of hydrogen-bond donors (Lipinski definition) is 0. The summed E-state index contributed by atoms with van der Waals surface area (Å²) in [6.07, 6.45) is -4.63. The molecule has 0 N–H and O–H groups in total. The van der Waals surface area contributed by atoms with E-state index < -0.39 is 50.5 Å². The first kappa shape index (κ1) is 22.4. The number of halogens is 4. The molecule has 0 amide bonds. The van der Waals surface area contributed by atoms with Gasteiger partial charge in [0.2, 0.25) is 0 Å². The Labute approximate surface area is 155 Å². The molecule has 1 rings (SSSR count). The number of alkyl halides is 4. The third kappa shape index (κ3) is 5.94. The van der Waals surface area contributed by atoms with Crippen molar-refractivity contribution in [2.24, 2.45) is 0 Å². The monoisotopic (exact) mass is 413 g/mol. The third-order valence-electron chi connectivity index (χ3n) is 3.33. The van der Waals surface area contributed by atoms with Crippen LogP contribution in [0, 0.1) is 20.2 Å². The summed E-state index contributed by atoms with van der Waals surface area (Å²) >= 11 is 5.27. The van der Waals surface area contributed by atoms with Crippen molar-refractivity contribution in [2.45, 2.75) is 19.5 Å². The molecule has 0 unspecified atom stereocenters. The van der Waals surface area contributed by atoms with Gasteiger partial charge in [0.1, 0.15) is 12.5 Å². The highest BCUT2D eigenvalue weighted by Gasteiger charge is 2.39. The Morgan fingerprint density at radius 2 is 1.70 bits per heavy atom. The number of rotatable bonds is 9. The van der Waals surface area contributed by atoms with Crippen molar-refractivity contribution in [3.8, 4) is 0 Å². The summed E-state index contributed by atoms with van der Waals surface area (Å²) in [7, 11) is 0. The highest BCUT2D eigenvalue weighted by atomic mass is 35.5. The van der Waals surface area contributed by atoms with Crippen molar-refractivity contribution < 1.29 is 32.5 Å². The molecule has 1 aromatic carbocycles. The molecule has 0 heterocycles. The van der Waals surface area contributed by atoms with E-state index in [0.29, 0.717) is 6.42 Å². The number of hydrogen-bond acceptors (Lipinski definition) is 7. The molecule has 0 aliphatic carbocycles. The number of carbonyl (C=O) groups excluding carboxylic acids is 1. The van der Waals surface area contributed by atoms with Crippen LogP contribution in [0.5, 0.6) is 0 Å². The van der Waals surface area contributed by atoms with Gasteiger partial charge in [0.05, 0.1) is 22.0 Å². The molecular formula is C14H15ClF3N3O6. The molecule has 150 valence electrons. The van der Waals surface area contributed by atoms with Crippen LogP contribution in [0.1, 0.15) is 18.9 Å². The average molecular weight is 414 g/mol. The van der Waals surface area contributed by atoms with Gasteiger partial charge in [0, 0.05) is 18.7 Å². The second kappa shape index (κ2) is 9.35. The Morgan fingerprint density at radius 1 is 1.19 bits per heavy atom. The molecule has 0 saturated carbocycles. The maximum absolute atomic E-state index is 13.0. The van der Waals surface area contributed by atoms with Crippen molar-refractivity contribution in [2.75, 3.05) is 30.5 Å². The lowest BCUT2D eigenvalue weighted by molar-refractivity contribution is -0.393. The fourth-order valence-corrected chi connectivity index (χ4v) is 2.36. The van der Waals surface area contributed by atoms with Crippen LogP contribution in [0.25, 0.3) is 0 Å². The molecule has 0 aliphatic heterocycles. The fraction of sp³-hybridized carbons (Fsp3) is 0.500. The van der Waals surface area contributed by atoms with Crippen LogP contribution < -0.4 is 4.90 Å². The molecule has 9 nitrogen and oxygen atoms in total. The third-order valence-corrected chi connectivity index (χ3v) is 3.55. The van der Waals surface area contributed by atoms with E-state index in [0.717, 1.165) is 4.90 Å². The van der Waals surface area contributed by atoms with Crippen molar-refractivity contribution in [3.63, 3.8) is 0 Å². The van der Waals surface area contributed by atoms with Crippen LogP contribution in [0.15, 0.2) is 12.1 Å². The molecule has 1 aromatic rings. The predicted molar refractivity (Wildman–Crippen MR) is 88.9 cm³/mol. The topological polar surface area (TPSA) is 116 Å². The van der Waals surface area contributed by atoms with Gasteiger partial charge in [0.25, 0.3) is 11.4 Å². The van der Waals surface area contributed by atoms with Gasteiger partial charge >= 0.3 is 12.1 Å². The summed E-state index contributed by atoms with van der Waals surface area (Å²) in [4.78, 5) is 32.6. The molecule has 0 fully saturated rings. The number of nitro groups is 2. The van der Waals surface area contributed by atoms with Gasteiger partial charge < -0.3 is 9.64 Å². The van der Waals surface area contributed by atoms with E-state index in [-0.39, 0.29) is 31.8 Å². The molecule has 27 heavy (non-hydrogen) atoms. The highest BCUT2D eigenvalue weighted by molar-refractivity contribution is 6.26. The van der Waals surface area contributed by atoms with Crippen LogP contribution in [-0.4, -0.2) is 41.4 Å². The first-order valence-corrected chi connectivity index (χ1v) is 8.06. The summed E-state index contributed by atoms with van der Waals surface area (Å²) in [5, 5.41) is 22.6. The molecular weight excluding hydrogens is 399 g/mol. The molecule has 13 heteroatoms. The van der Waals surface area contributed by atoms with E-state index in [1.54, 1.807) is 6.92 Å². The summed E-state index contributed by atoms with van der Waals surface area (Å²) in [6, 6.07) is 0.492. The second-order valence-corrected chi connectivity index (χ2v) is 5.48. The van der Waals surface area contributed by atoms with Crippen molar-refractivity contribution in [3.05, 3.63) is 37.9 Å². The quantitative estimate of drug-likeness (QED) is 0.263. The van der Waals surface area contributed by atoms with Crippen LogP contribution >= 0.6 is 11.6 Å². The smallest absolute Gasteiger partial charge is 0.416 e. The fourth-order valence-electron chi connectivity index (χ4n) is 2.28. The van der Waals surface area contributed by atoms with Crippen LogP contribution in [0.2, 0.25) is 0 Å². The molecule has 0 aliphatic rings. The zero-order valence-corrected chi connectivity index (χ0v) is 14.7. The van der Waals surface area contributed by atoms with Gasteiger partial charge in [-0.3, -0.25) is 25.0 Å². The summed E-state index contributed by atoms with van der Waals surface area (Å²) in [6.45, 7) is 1.20. The minimum absolute atomic E-state index is 0.0471. The van der Waals surface area contributed by atoms with E-state index in [1.807, 2.05) is 0 Å². The van der Waals surface area contributed by atoms with E-state index >= 15 is 0 Å². The first-order valence-electron chi connectivity index (χ1n) is 7.53. The van der Waals surface area contributed by atoms with Gasteiger partial charge in [-0.05, 0) is 6.42 Å². The molecule has 0 spiro atoms. The van der Waals surface area contributed by atoms with E-state index in [1.165, 1.54) is 0 Å². The number of anilines is 1. The Kier molecular flexibility index (Phi) is 7.76. The largest absolute Gasteiger partial charge is 0.463 e. The van der Waals surface area contributed by atoms with Crippen LogP contribution in [0.3, 0.4) is 0 Å². The summed E-state index contributed by atoms with van der Waals surface area (Å²) < 4.78 is 43.6. The van der Waals surface area contributed by atoms with E-state index in [2.05, 4.69) is 0 Å². The number of ether oxygens (including phenoxy) is 1. The molecule has 0 bridgehead atoms. The lowest BCUT2D eigenvalue weighted by Gasteiger charge is -2.24. The molecule has 0 saturated heterocycles. The van der Waals surface area contributed by atoms with E-state index in [4.69, 9.17) is 16.3 Å². The summed E-state index contributed by atoms with van der Waals surface area (Å²) in [5.41, 5.74) is -4.21. The number of nitro benzene ring substituents is 2. The van der Waals surface area contributed by atoms with Gasteiger partial charge in [-0.2, -0.15) is 13.2 Å². The minimum Gasteiger partial charge on any atom is -0.463 e. The predicted octanol–water partition coefficient (Wildman–Crippen LogP) is 3.52. The Balaban J connectivity index is 3.47. The lowest BCUT2D eigenvalue weighted by Crippen LogP contribution is -2.30. The second-order valence-electron chi connectivity index (χ2n) is 5.22. The van der Waals surface area contributed by atoms with Crippen LogP contribution in [-0.2, 0) is 15.7 Å². The Hall–Kier alpha value is -2.63. The first-order chi connectivity index (χ1) is 12.5. The molecule has 0 aromatic heterocycles. The zero-order valence-electron chi connectivity index (χ0n) is 14.0. The Bertz CT molecular complexity index is 694. The molecule has 0 atom stereocenters. The van der Waals surface area contributed by atoms with Gasteiger partial charge in [0.15, 0.2) is 5.69 Å². The normalized spacial score (nSPS) is 11.1. The zero-order chi connectivity index (χ0) is 20.8. The number of benzene rings is 1. The number of carbonyl (C=O) groups is 1. The number of esters is 1. The van der Waals surface area contributed by atoms with Gasteiger partial charge in [-0.1, -0.05) is 6.92 Å². The Morgan fingerprint density at radius 3 is 2.07 bits per heavy atom. The van der Waals surface area contributed by atoms with Crippen molar-refractivity contribution >= 4 is 34.6 Å². The van der Waals surface area contributed by atoms with Crippen molar-refractivity contribution in [1.82, 2.24) is 0 Å². The SMILES string of the molecule is CCCN(CCOC(=O)CCl)c1c([N+](=O)[O-])cc(C(F)(F)F)cc1[N+](=O)[O-]. The maximum atomic E-state index is 13.0. The average Bonchev–Trinajstić information content (AvgIpc) is 2.58. The number of nitrogens with zero attached hydrogens (tertiary/aromatic N) is 3.